The van der Waals surface area contributed by atoms with Crippen LogP contribution >= 0.6 is 0 Å². The van der Waals surface area contributed by atoms with Crippen molar-refractivity contribution in [2.24, 2.45) is 0 Å². The lowest BCUT2D eigenvalue weighted by Gasteiger charge is -2.35. The van der Waals surface area contributed by atoms with Gasteiger partial charge in [0.1, 0.15) is 0 Å². The molecule has 1 unspecified atom stereocenters. The van der Waals surface area contributed by atoms with Gasteiger partial charge < -0.3 is 4.98 Å². The first-order valence-electron chi connectivity index (χ1n) is 9.15. The fraction of sp³-hybridized carbons (Fsp3) is 0.318. The first-order valence-corrected chi connectivity index (χ1v) is 9.15. The zero-order chi connectivity index (χ0) is 17.2. The number of benzene rings is 2. The van der Waals surface area contributed by atoms with Gasteiger partial charge in [0.2, 0.25) is 0 Å². The summed E-state index contributed by atoms with van der Waals surface area (Å²) >= 11 is 0. The minimum Gasteiger partial charge on any atom is -0.322 e. The van der Waals surface area contributed by atoms with E-state index in [1.165, 1.54) is 30.4 Å². The van der Waals surface area contributed by atoms with Crippen LogP contribution < -0.4 is 5.56 Å². The second-order valence-electron chi connectivity index (χ2n) is 7.04. The number of aromatic nitrogens is 1. The zero-order valence-electron chi connectivity index (χ0n) is 14.7. The quantitative estimate of drug-likeness (QED) is 0.771. The summed E-state index contributed by atoms with van der Waals surface area (Å²) < 4.78 is 0. The third-order valence-electron chi connectivity index (χ3n) is 5.24. The van der Waals surface area contributed by atoms with E-state index < -0.39 is 0 Å². The molecule has 0 spiro atoms. The van der Waals surface area contributed by atoms with E-state index in [0.29, 0.717) is 0 Å². The van der Waals surface area contributed by atoms with Gasteiger partial charge in [0, 0.05) is 11.1 Å². The van der Waals surface area contributed by atoms with Crippen LogP contribution in [0.25, 0.3) is 10.9 Å². The van der Waals surface area contributed by atoms with Crippen molar-refractivity contribution in [2.45, 2.75) is 32.2 Å². The van der Waals surface area contributed by atoms with E-state index in [-0.39, 0.29) is 11.6 Å². The summed E-state index contributed by atoms with van der Waals surface area (Å²) in [5.74, 6) is 0. The maximum Gasteiger partial charge on any atom is 0.251 e. The van der Waals surface area contributed by atoms with E-state index in [1.807, 2.05) is 19.1 Å². The molecular formula is C22H24N2O. The molecule has 0 aliphatic carbocycles. The first-order chi connectivity index (χ1) is 12.2. The SMILES string of the molecule is Cc1cc2cc(C(c3ccccc3)N3CCCCC3)ccc2[nH]c1=O. The molecule has 0 bridgehead atoms. The summed E-state index contributed by atoms with van der Waals surface area (Å²) in [7, 11) is 0. The summed E-state index contributed by atoms with van der Waals surface area (Å²) in [6.07, 6.45) is 3.86. The highest BCUT2D eigenvalue weighted by molar-refractivity contribution is 5.80. The zero-order valence-corrected chi connectivity index (χ0v) is 14.7. The van der Waals surface area contributed by atoms with Gasteiger partial charge in [0.15, 0.2) is 0 Å². The molecule has 1 aromatic heterocycles. The monoisotopic (exact) mass is 332 g/mol. The van der Waals surface area contributed by atoms with E-state index in [1.54, 1.807) is 0 Å². The Balaban J connectivity index is 1.82. The van der Waals surface area contributed by atoms with Gasteiger partial charge in [-0.2, -0.15) is 0 Å². The highest BCUT2D eigenvalue weighted by atomic mass is 16.1. The van der Waals surface area contributed by atoms with Crippen molar-refractivity contribution < 1.29 is 0 Å². The number of piperidine rings is 1. The number of nitrogens with zero attached hydrogens (tertiary/aromatic N) is 1. The number of aryl methyl sites for hydroxylation is 1. The van der Waals surface area contributed by atoms with E-state index in [2.05, 4.69) is 52.3 Å². The number of hydrogen-bond acceptors (Lipinski definition) is 2. The van der Waals surface area contributed by atoms with Crippen LogP contribution in [0.15, 0.2) is 59.4 Å². The fourth-order valence-electron chi connectivity index (χ4n) is 3.93. The van der Waals surface area contributed by atoms with Gasteiger partial charge in [0.05, 0.1) is 6.04 Å². The first kappa shape index (κ1) is 16.1. The van der Waals surface area contributed by atoms with Gasteiger partial charge in [-0.3, -0.25) is 9.69 Å². The van der Waals surface area contributed by atoms with Gasteiger partial charge in [-0.15, -0.1) is 0 Å². The highest BCUT2D eigenvalue weighted by Crippen LogP contribution is 2.32. The van der Waals surface area contributed by atoms with Gasteiger partial charge in [0.25, 0.3) is 5.56 Å². The van der Waals surface area contributed by atoms with Gasteiger partial charge in [-0.05, 0) is 67.6 Å². The number of likely N-dealkylation sites (tertiary alicyclic amines) is 1. The molecule has 1 aliphatic rings. The summed E-state index contributed by atoms with van der Waals surface area (Å²) in [6, 6.07) is 19.5. The standard InChI is InChI=1S/C22H24N2O/c1-16-14-19-15-18(10-11-20(19)23-22(16)25)21(17-8-4-2-5-9-17)24-12-6-3-7-13-24/h2,4-5,8-11,14-15,21H,3,6-7,12-13H2,1H3,(H,23,25). The maximum absolute atomic E-state index is 11.9. The Kier molecular flexibility index (Phi) is 4.41. The second kappa shape index (κ2) is 6.85. The highest BCUT2D eigenvalue weighted by Gasteiger charge is 2.24. The lowest BCUT2D eigenvalue weighted by molar-refractivity contribution is 0.187. The third-order valence-corrected chi connectivity index (χ3v) is 5.24. The second-order valence-corrected chi connectivity index (χ2v) is 7.04. The Morgan fingerprint density at radius 2 is 1.68 bits per heavy atom. The molecule has 3 heteroatoms. The lowest BCUT2D eigenvalue weighted by Crippen LogP contribution is -2.34. The average molecular weight is 332 g/mol. The molecule has 3 nitrogen and oxygen atoms in total. The van der Waals surface area contributed by atoms with Gasteiger partial charge >= 0.3 is 0 Å². The van der Waals surface area contributed by atoms with Crippen molar-refractivity contribution in [3.05, 3.63) is 81.6 Å². The Hall–Kier alpha value is -2.39. The smallest absolute Gasteiger partial charge is 0.251 e. The van der Waals surface area contributed by atoms with Crippen LogP contribution in [0.1, 0.15) is 42.0 Å². The molecule has 128 valence electrons. The molecule has 1 N–H and O–H groups in total. The van der Waals surface area contributed by atoms with Crippen molar-refractivity contribution in [3.63, 3.8) is 0 Å². The molecule has 0 radical (unpaired) electrons. The van der Waals surface area contributed by atoms with Crippen LogP contribution in [0.3, 0.4) is 0 Å². The van der Waals surface area contributed by atoms with Crippen molar-refractivity contribution in [1.29, 1.82) is 0 Å². The number of fused-ring (bicyclic) bond motifs is 1. The largest absolute Gasteiger partial charge is 0.322 e. The van der Waals surface area contributed by atoms with Gasteiger partial charge in [-0.1, -0.05) is 42.8 Å². The minimum absolute atomic E-state index is 0.00381. The van der Waals surface area contributed by atoms with E-state index in [4.69, 9.17) is 0 Å². The molecule has 1 aliphatic heterocycles. The minimum atomic E-state index is -0.00381. The van der Waals surface area contributed by atoms with E-state index >= 15 is 0 Å². The summed E-state index contributed by atoms with van der Waals surface area (Å²) in [6.45, 7) is 4.15. The predicted octanol–water partition coefficient (Wildman–Crippen LogP) is 4.41. The Morgan fingerprint density at radius 3 is 2.44 bits per heavy atom. The van der Waals surface area contributed by atoms with Crippen LogP contribution in [0.2, 0.25) is 0 Å². The Morgan fingerprint density at radius 1 is 0.920 bits per heavy atom. The predicted molar refractivity (Wildman–Crippen MR) is 103 cm³/mol. The molecule has 25 heavy (non-hydrogen) atoms. The van der Waals surface area contributed by atoms with Crippen molar-refractivity contribution in [2.75, 3.05) is 13.1 Å². The maximum atomic E-state index is 11.9. The molecule has 3 aromatic rings. The number of hydrogen-bond donors (Lipinski definition) is 1. The van der Waals surface area contributed by atoms with Crippen molar-refractivity contribution >= 4 is 10.9 Å². The van der Waals surface area contributed by atoms with Crippen LogP contribution in [-0.4, -0.2) is 23.0 Å². The average Bonchev–Trinajstić information content (AvgIpc) is 2.65. The number of H-pyrrole nitrogens is 1. The molecule has 1 atom stereocenters. The fourth-order valence-corrected chi connectivity index (χ4v) is 3.93. The molecule has 1 fully saturated rings. The number of nitrogens with one attached hydrogen (secondary N) is 1. The Labute approximate surface area is 148 Å². The molecule has 4 rings (SSSR count). The topological polar surface area (TPSA) is 36.1 Å². The number of aromatic amines is 1. The molecule has 0 saturated carbocycles. The van der Waals surface area contributed by atoms with E-state index in [0.717, 1.165) is 29.6 Å². The van der Waals surface area contributed by atoms with E-state index in [9.17, 15) is 4.79 Å². The van der Waals surface area contributed by atoms with Gasteiger partial charge in [-0.25, -0.2) is 0 Å². The molecule has 1 saturated heterocycles. The molecular weight excluding hydrogens is 308 g/mol. The summed E-state index contributed by atoms with van der Waals surface area (Å²) in [5.41, 5.74) is 4.30. The molecule has 0 amide bonds. The summed E-state index contributed by atoms with van der Waals surface area (Å²) in [4.78, 5) is 17.4. The van der Waals surface area contributed by atoms with Crippen LogP contribution in [0, 0.1) is 6.92 Å². The molecule has 2 aromatic carbocycles. The number of rotatable bonds is 3. The Bertz CT molecular complexity index is 924. The number of pyridine rings is 1. The summed E-state index contributed by atoms with van der Waals surface area (Å²) in [5, 5.41) is 1.10. The van der Waals surface area contributed by atoms with Crippen molar-refractivity contribution in [1.82, 2.24) is 9.88 Å². The molecule has 2 heterocycles. The van der Waals surface area contributed by atoms with Crippen LogP contribution in [0.4, 0.5) is 0 Å². The normalized spacial score (nSPS) is 16.8. The lowest BCUT2D eigenvalue weighted by atomic mass is 9.94. The van der Waals surface area contributed by atoms with Crippen LogP contribution in [-0.2, 0) is 0 Å². The van der Waals surface area contributed by atoms with Crippen LogP contribution in [0.5, 0.6) is 0 Å². The third kappa shape index (κ3) is 3.24. The van der Waals surface area contributed by atoms with Crippen molar-refractivity contribution in [3.8, 4) is 0 Å².